The number of thioether (sulfide) groups is 1. The van der Waals surface area contributed by atoms with E-state index in [4.69, 9.17) is 19.9 Å². The number of anilines is 1. The zero-order valence-corrected chi connectivity index (χ0v) is 23.1. The lowest BCUT2D eigenvalue weighted by molar-refractivity contribution is -0.212. The predicted molar refractivity (Wildman–Crippen MR) is 144 cm³/mol. The number of esters is 1. The SMILES string of the molecule is CCC[C@H]1CC[C@H](C(=O)N[C@@H]([C@H]2O[C@H](SCCOC(=O)c3ccc(N)cc3)[C@H](O)[C@@H](O)[C@H]2O)[C@@H](C)OC)C1. The minimum Gasteiger partial charge on any atom is -0.461 e. The number of hydrogen-bond acceptors (Lipinski definition) is 10. The lowest BCUT2D eigenvalue weighted by Crippen LogP contribution is -2.65. The first-order valence-corrected chi connectivity index (χ1v) is 14.4. The quantitative estimate of drug-likeness (QED) is 0.146. The van der Waals surface area contributed by atoms with E-state index >= 15 is 0 Å². The number of carbonyl (C=O) groups excluding carboxylic acids is 2. The number of nitrogens with two attached hydrogens (primary N) is 1. The summed E-state index contributed by atoms with van der Waals surface area (Å²) < 4.78 is 16.8. The Hall–Kier alpha value is -1.89. The van der Waals surface area contributed by atoms with Gasteiger partial charge in [-0.25, -0.2) is 4.79 Å². The summed E-state index contributed by atoms with van der Waals surface area (Å²) in [5.41, 5.74) is 5.63. The molecule has 11 heteroatoms. The number of hydrogen-bond donors (Lipinski definition) is 5. The molecule has 214 valence electrons. The van der Waals surface area contributed by atoms with E-state index in [0.29, 0.717) is 17.2 Å². The fourth-order valence-electron chi connectivity index (χ4n) is 5.19. The zero-order valence-electron chi connectivity index (χ0n) is 22.3. The van der Waals surface area contributed by atoms with Gasteiger partial charge in [-0.2, -0.15) is 0 Å². The molecule has 1 saturated carbocycles. The van der Waals surface area contributed by atoms with Crippen LogP contribution in [0.4, 0.5) is 5.69 Å². The van der Waals surface area contributed by atoms with Crippen LogP contribution < -0.4 is 11.1 Å². The van der Waals surface area contributed by atoms with Crippen LogP contribution in [0, 0.1) is 11.8 Å². The number of nitrogen functional groups attached to an aromatic ring is 1. The van der Waals surface area contributed by atoms with Crippen LogP contribution in [0.3, 0.4) is 0 Å². The molecule has 10 nitrogen and oxygen atoms in total. The van der Waals surface area contributed by atoms with Crippen LogP contribution in [-0.2, 0) is 19.0 Å². The van der Waals surface area contributed by atoms with Crippen molar-refractivity contribution in [3.8, 4) is 0 Å². The van der Waals surface area contributed by atoms with E-state index in [0.717, 1.165) is 43.9 Å². The molecule has 0 aromatic heterocycles. The van der Waals surface area contributed by atoms with Crippen molar-refractivity contribution >= 4 is 29.3 Å². The van der Waals surface area contributed by atoms with E-state index in [9.17, 15) is 24.9 Å². The van der Waals surface area contributed by atoms with Crippen LogP contribution in [0.15, 0.2) is 24.3 Å². The number of aliphatic hydroxyl groups excluding tert-OH is 3. The van der Waals surface area contributed by atoms with E-state index in [1.54, 1.807) is 31.2 Å². The van der Waals surface area contributed by atoms with E-state index in [-0.39, 0.29) is 24.2 Å². The van der Waals surface area contributed by atoms with Crippen molar-refractivity contribution in [1.82, 2.24) is 5.32 Å². The van der Waals surface area contributed by atoms with Gasteiger partial charge in [0, 0.05) is 24.5 Å². The Kier molecular flexibility index (Phi) is 11.7. The maximum absolute atomic E-state index is 13.1. The minimum atomic E-state index is -1.49. The van der Waals surface area contributed by atoms with Gasteiger partial charge in [0.1, 0.15) is 36.5 Å². The molecule has 0 spiro atoms. The Labute approximate surface area is 228 Å². The number of carbonyl (C=O) groups is 2. The van der Waals surface area contributed by atoms with Gasteiger partial charge in [-0.05, 0) is 56.4 Å². The molecule has 1 amide bonds. The fourth-order valence-corrected chi connectivity index (χ4v) is 6.17. The van der Waals surface area contributed by atoms with Gasteiger partial charge in [0.25, 0.3) is 0 Å². The molecule has 2 fully saturated rings. The van der Waals surface area contributed by atoms with Gasteiger partial charge in [0.15, 0.2) is 0 Å². The molecule has 1 aliphatic heterocycles. The molecule has 0 unspecified atom stereocenters. The van der Waals surface area contributed by atoms with E-state index in [2.05, 4.69) is 12.2 Å². The highest BCUT2D eigenvalue weighted by Crippen LogP contribution is 2.35. The number of rotatable bonds is 12. The number of methoxy groups -OCH3 is 1. The molecule has 1 aliphatic carbocycles. The van der Waals surface area contributed by atoms with Gasteiger partial charge < -0.3 is 40.6 Å². The molecule has 1 aromatic carbocycles. The Morgan fingerprint density at radius 1 is 1.16 bits per heavy atom. The monoisotopic (exact) mass is 554 g/mol. The number of ether oxygens (including phenoxy) is 3. The standard InChI is InChI=1S/C27H42N2O8S/c1-4-5-16-6-7-18(14-16)25(33)29-20(15(2)35-3)24-22(31)21(30)23(32)27(37-24)38-13-12-36-26(34)17-8-10-19(28)11-9-17/h8-11,15-16,18,20-24,27,30-32H,4-7,12-14,28H2,1-3H3,(H,29,33)/t15-,16+,18+,20-,21+,22-,23-,24-,27-/m1/s1. The summed E-state index contributed by atoms with van der Waals surface area (Å²) in [7, 11) is 1.50. The van der Waals surface area contributed by atoms with E-state index in [1.807, 2.05) is 0 Å². The summed E-state index contributed by atoms with van der Waals surface area (Å²) in [6, 6.07) is 5.61. The fraction of sp³-hybridized carbons (Fsp3) is 0.704. The van der Waals surface area contributed by atoms with Gasteiger partial charge >= 0.3 is 5.97 Å². The first-order valence-electron chi connectivity index (χ1n) is 13.3. The van der Waals surface area contributed by atoms with Crippen LogP contribution in [0.1, 0.15) is 56.3 Å². The molecule has 2 aliphatic rings. The number of amides is 1. The first-order chi connectivity index (χ1) is 18.2. The van der Waals surface area contributed by atoms with Crippen molar-refractivity contribution in [2.45, 2.75) is 87.9 Å². The summed E-state index contributed by atoms with van der Waals surface area (Å²) in [5, 5.41) is 35.0. The van der Waals surface area contributed by atoms with Crippen LogP contribution >= 0.6 is 11.8 Å². The number of benzene rings is 1. The molecule has 1 saturated heterocycles. The highest BCUT2D eigenvalue weighted by Gasteiger charge is 2.48. The Bertz CT molecular complexity index is 904. The Balaban J connectivity index is 1.59. The molecule has 38 heavy (non-hydrogen) atoms. The molecule has 1 aromatic rings. The van der Waals surface area contributed by atoms with Crippen molar-refractivity contribution in [3.05, 3.63) is 29.8 Å². The lowest BCUT2D eigenvalue weighted by atomic mass is 9.91. The van der Waals surface area contributed by atoms with Gasteiger partial charge in [-0.3, -0.25) is 4.79 Å². The van der Waals surface area contributed by atoms with Crippen molar-refractivity contribution in [1.29, 1.82) is 0 Å². The summed E-state index contributed by atoms with van der Waals surface area (Å²) >= 11 is 1.15. The van der Waals surface area contributed by atoms with Crippen LogP contribution in [0.2, 0.25) is 0 Å². The molecular formula is C27H42N2O8S. The normalized spacial score (nSPS) is 30.9. The van der Waals surface area contributed by atoms with Crippen LogP contribution in [0.5, 0.6) is 0 Å². The summed E-state index contributed by atoms with van der Waals surface area (Å²) in [6.45, 7) is 3.94. The third-order valence-electron chi connectivity index (χ3n) is 7.50. The molecule has 0 bridgehead atoms. The topological polar surface area (TPSA) is 161 Å². The van der Waals surface area contributed by atoms with E-state index < -0.39 is 48.0 Å². The molecule has 6 N–H and O–H groups in total. The van der Waals surface area contributed by atoms with Crippen molar-refractivity contribution in [2.24, 2.45) is 11.8 Å². The second-order valence-corrected chi connectivity index (χ2v) is 11.4. The highest BCUT2D eigenvalue weighted by molar-refractivity contribution is 7.99. The maximum atomic E-state index is 13.1. The van der Waals surface area contributed by atoms with Crippen LogP contribution in [-0.4, -0.2) is 88.7 Å². The highest BCUT2D eigenvalue weighted by atomic mass is 32.2. The van der Waals surface area contributed by atoms with E-state index in [1.165, 1.54) is 7.11 Å². The molecule has 9 atom stereocenters. The molecule has 0 radical (unpaired) electrons. The average Bonchev–Trinajstić information content (AvgIpc) is 3.38. The summed E-state index contributed by atoms with van der Waals surface area (Å²) in [4.78, 5) is 25.3. The average molecular weight is 555 g/mol. The smallest absolute Gasteiger partial charge is 0.338 e. The zero-order chi connectivity index (χ0) is 27.8. The second-order valence-electron chi connectivity index (χ2n) is 10.2. The molecule has 1 heterocycles. The van der Waals surface area contributed by atoms with Gasteiger partial charge in [0.05, 0.1) is 17.7 Å². The summed E-state index contributed by atoms with van der Waals surface area (Å²) in [5.74, 6) is 0.0738. The summed E-state index contributed by atoms with van der Waals surface area (Å²) in [6.07, 6.45) is -1.00. The maximum Gasteiger partial charge on any atom is 0.338 e. The van der Waals surface area contributed by atoms with Crippen LogP contribution in [0.25, 0.3) is 0 Å². The molecule has 3 rings (SSSR count). The van der Waals surface area contributed by atoms with Crippen molar-refractivity contribution < 1.29 is 39.1 Å². The predicted octanol–water partition coefficient (Wildman–Crippen LogP) is 1.70. The Morgan fingerprint density at radius 3 is 2.53 bits per heavy atom. The first kappa shape index (κ1) is 30.6. The van der Waals surface area contributed by atoms with Gasteiger partial charge in [-0.15, -0.1) is 11.8 Å². The lowest BCUT2D eigenvalue weighted by Gasteiger charge is -2.44. The van der Waals surface area contributed by atoms with Crippen molar-refractivity contribution in [2.75, 3.05) is 25.2 Å². The largest absolute Gasteiger partial charge is 0.461 e. The van der Waals surface area contributed by atoms with Gasteiger partial charge in [-0.1, -0.05) is 19.8 Å². The number of nitrogens with one attached hydrogen (secondary N) is 1. The number of aliphatic hydroxyl groups is 3. The third-order valence-corrected chi connectivity index (χ3v) is 8.62. The van der Waals surface area contributed by atoms with Crippen molar-refractivity contribution in [3.63, 3.8) is 0 Å². The second kappa shape index (κ2) is 14.5. The minimum absolute atomic E-state index is 0.0407. The Morgan fingerprint density at radius 2 is 1.87 bits per heavy atom. The van der Waals surface area contributed by atoms with Gasteiger partial charge in [0.2, 0.25) is 5.91 Å². The molecular weight excluding hydrogens is 512 g/mol. The third kappa shape index (κ3) is 7.83.